The monoisotopic (exact) mass is 422 g/mol. The highest BCUT2D eigenvalue weighted by molar-refractivity contribution is 6.12. The molecule has 162 valence electrons. The van der Waals surface area contributed by atoms with Crippen molar-refractivity contribution >= 4 is 24.1 Å². The van der Waals surface area contributed by atoms with Crippen LogP contribution >= 0.6 is 0 Å². The molecule has 0 bridgehead atoms. The van der Waals surface area contributed by atoms with Crippen LogP contribution in [-0.2, 0) is 14.3 Å². The largest absolute Gasteiger partial charge is 0.493 e. The van der Waals surface area contributed by atoms with Gasteiger partial charge in [-0.2, -0.15) is 0 Å². The van der Waals surface area contributed by atoms with Gasteiger partial charge in [-0.1, -0.05) is 36.4 Å². The highest BCUT2D eigenvalue weighted by Crippen LogP contribution is 2.33. The fraction of sp³-hybridized carbons (Fsp3) is 0.280. The Bertz CT molecular complexity index is 984. The van der Waals surface area contributed by atoms with E-state index in [4.69, 9.17) is 14.2 Å². The second kappa shape index (κ2) is 10.5. The van der Waals surface area contributed by atoms with E-state index in [1.54, 1.807) is 49.6 Å². The quantitative estimate of drug-likeness (QED) is 0.376. The number of esters is 1. The highest BCUT2D eigenvalue weighted by atomic mass is 16.5. The molecule has 0 unspecified atom stereocenters. The zero-order valence-electron chi connectivity index (χ0n) is 17.7. The van der Waals surface area contributed by atoms with Crippen molar-refractivity contribution in [1.82, 2.24) is 0 Å². The number of methoxy groups -OCH3 is 2. The summed E-state index contributed by atoms with van der Waals surface area (Å²) in [5.74, 6) is -0.812. The molecule has 0 atom stereocenters. The molecule has 2 aromatic carbocycles. The molecule has 0 heterocycles. The predicted molar refractivity (Wildman–Crippen MR) is 118 cm³/mol. The summed E-state index contributed by atoms with van der Waals surface area (Å²) in [6.07, 6.45) is 7.30. The molecule has 1 fully saturated rings. The molecule has 2 aromatic rings. The van der Waals surface area contributed by atoms with Crippen molar-refractivity contribution in [3.8, 4) is 11.5 Å². The topological polar surface area (TPSA) is 82.1 Å². The van der Waals surface area contributed by atoms with E-state index in [-0.39, 0.29) is 17.3 Å². The fourth-order valence-electron chi connectivity index (χ4n) is 3.55. The molecule has 1 aliphatic rings. The fourth-order valence-corrected chi connectivity index (χ4v) is 3.55. The Kier molecular flexibility index (Phi) is 7.49. The van der Waals surface area contributed by atoms with Gasteiger partial charge in [0.15, 0.2) is 11.5 Å². The SMILES string of the molecule is COC(=O)C(=Cc1ccc(OC)c(OC2CCCC2)c1)C(=Cc1ccccc1)C(=O)O. The Hall–Kier alpha value is -3.54. The Morgan fingerprint density at radius 1 is 0.903 bits per heavy atom. The first-order chi connectivity index (χ1) is 15.0. The van der Waals surface area contributed by atoms with Gasteiger partial charge in [-0.3, -0.25) is 0 Å². The molecule has 1 saturated carbocycles. The standard InChI is InChI=1S/C25H26O6/c1-29-22-13-12-18(16-23(22)31-19-10-6-7-11-19)15-21(25(28)30-2)20(24(26)27)14-17-8-4-3-5-9-17/h3-5,8-9,12-16,19H,6-7,10-11H2,1-2H3,(H,26,27). The first kappa shape index (κ1) is 22.2. The first-order valence-corrected chi connectivity index (χ1v) is 10.2. The lowest BCUT2D eigenvalue weighted by atomic mass is 10.00. The van der Waals surface area contributed by atoms with E-state index in [2.05, 4.69) is 0 Å². The van der Waals surface area contributed by atoms with Gasteiger partial charge in [0.05, 0.1) is 31.5 Å². The maximum atomic E-state index is 12.5. The van der Waals surface area contributed by atoms with E-state index in [0.717, 1.165) is 25.7 Å². The van der Waals surface area contributed by atoms with E-state index in [1.807, 2.05) is 6.07 Å². The molecule has 3 rings (SSSR count). The van der Waals surface area contributed by atoms with Crippen LogP contribution in [0.15, 0.2) is 59.7 Å². The van der Waals surface area contributed by atoms with Crippen LogP contribution in [0.4, 0.5) is 0 Å². The molecule has 0 aromatic heterocycles. The smallest absolute Gasteiger partial charge is 0.338 e. The Morgan fingerprint density at radius 2 is 1.58 bits per heavy atom. The van der Waals surface area contributed by atoms with Gasteiger partial charge in [0, 0.05) is 0 Å². The summed E-state index contributed by atoms with van der Waals surface area (Å²) < 4.78 is 16.4. The highest BCUT2D eigenvalue weighted by Gasteiger charge is 2.22. The third-order valence-corrected chi connectivity index (χ3v) is 5.13. The number of rotatable bonds is 8. The molecule has 0 aliphatic heterocycles. The summed E-state index contributed by atoms with van der Waals surface area (Å²) in [5.41, 5.74) is 1.05. The van der Waals surface area contributed by atoms with E-state index >= 15 is 0 Å². The molecular formula is C25H26O6. The Balaban J connectivity index is 2.03. The summed E-state index contributed by atoms with van der Waals surface area (Å²) >= 11 is 0. The Labute approximate surface area is 181 Å². The number of aliphatic carboxylic acids is 1. The van der Waals surface area contributed by atoms with Crippen molar-refractivity contribution in [2.24, 2.45) is 0 Å². The van der Waals surface area contributed by atoms with Gasteiger partial charge in [0.25, 0.3) is 0 Å². The molecule has 31 heavy (non-hydrogen) atoms. The molecule has 0 saturated heterocycles. The molecule has 1 aliphatic carbocycles. The number of carboxylic acid groups (broad SMARTS) is 1. The van der Waals surface area contributed by atoms with E-state index in [1.165, 1.54) is 19.3 Å². The van der Waals surface area contributed by atoms with Crippen LogP contribution in [0.3, 0.4) is 0 Å². The number of ether oxygens (including phenoxy) is 3. The first-order valence-electron chi connectivity index (χ1n) is 10.2. The number of carboxylic acids is 1. The minimum absolute atomic E-state index is 0.0594. The molecule has 0 radical (unpaired) electrons. The van der Waals surface area contributed by atoms with Gasteiger partial charge in [-0.25, -0.2) is 9.59 Å². The zero-order chi connectivity index (χ0) is 22.2. The maximum Gasteiger partial charge on any atom is 0.338 e. The van der Waals surface area contributed by atoms with E-state index < -0.39 is 11.9 Å². The van der Waals surface area contributed by atoms with Crippen LogP contribution < -0.4 is 9.47 Å². The molecule has 0 spiro atoms. The van der Waals surface area contributed by atoms with Crippen molar-refractivity contribution in [3.63, 3.8) is 0 Å². The van der Waals surface area contributed by atoms with Crippen molar-refractivity contribution in [3.05, 3.63) is 70.8 Å². The van der Waals surface area contributed by atoms with Gasteiger partial charge >= 0.3 is 11.9 Å². The second-order valence-corrected chi connectivity index (χ2v) is 7.26. The molecule has 6 nitrogen and oxygen atoms in total. The summed E-state index contributed by atoms with van der Waals surface area (Å²) in [6, 6.07) is 14.2. The van der Waals surface area contributed by atoms with Crippen molar-refractivity contribution in [2.75, 3.05) is 14.2 Å². The molecule has 1 N–H and O–H groups in total. The van der Waals surface area contributed by atoms with Gasteiger partial charge in [-0.15, -0.1) is 0 Å². The summed E-state index contributed by atoms with van der Waals surface area (Å²) in [7, 11) is 2.79. The maximum absolute atomic E-state index is 12.5. The normalized spacial score (nSPS) is 14.9. The Morgan fingerprint density at radius 3 is 2.19 bits per heavy atom. The second-order valence-electron chi connectivity index (χ2n) is 7.26. The number of hydrogen-bond acceptors (Lipinski definition) is 5. The van der Waals surface area contributed by atoms with Crippen molar-refractivity contribution in [1.29, 1.82) is 0 Å². The average Bonchev–Trinajstić information content (AvgIpc) is 3.29. The minimum atomic E-state index is -1.23. The van der Waals surface area contributed by atoms with Gasteiger partial charge in [0.2, 0.25) is 0 Å². The van der Waals surface area contributed by atoms with Crippen LogP contribution in [0, 0.1) is 0 Å². The molecule has 6 heteroatoms. The third kappa shape index (κ3) is 5.75. The van der Waals surface area contributed by atoms with Crippen molar-refractivity contribution < 1.29 is 28.9 Å². The van der Waals surface area contributed by atoms with Gasteiger partial charge in [-0.05, 0) is 61.1 Å². The van der Waals surface area contributed by atoms with Crippen LogP contribution in [-0.4, -0.2) is 37.4 Å². The zero-order valence-corrected chi connectivity index (χ0v) is 17.7. The minimum Gasteiger partial charge on any atom is -0.493 e. The van der Waals surface area contributed by atoms with Crippen molar-refractivity contribution in [2.45, 2.75) is 31.8 Å². The lowest BCUT2D eigenvalue weighted by Crippen LogP contribution is -2.13. The number of benzene rings is 2. The number of carbonyl (C=O) groups is 2. The average molecular weight is 422 g/mol. The lowest BCUT2D eigenvalue weighted by molar-refractivity contribution is -0.138. The summed E-state index contributed by atoms with van der Waals surface area (Å²) in [5, 5.41) is 9.79. The van der Waals surface area contributed by atoms with Crippen LogP contribution in [0.1, 0.15) is 36.8 Å². The predicted octanol–water partition coefficient (Wildman–Crippen LogP) is 4.74. The van der Waals surface area contributed by atoms with Gasteiger partial charge < -0.3 is 19.3 Å². The van der Waals surface area contributed by atoms with Gasteiger partial charge in [0.1, 0.15) is 0 Å². The number of carbonyl (C=O) groups excluding carboxylic acids is 1. The van der Waals surface area contributed by atoms with Crippen LogP contribution in [0.5, 0.6) is 11.5 Å². The van der Waals surface area contributed by atoms with Crippen LogP contribution in [0.25, 0.3) is 12.2 Å². The van der Waals surface area contributed by atoms with E-state index in [0.29, 0.717) is 22.6 Å². The summed E-state index contributed by atoms with van der Waals surface area (Å²) in [6.45, 7) is 0. The molecular weight excluding hydrogens is 396 g/mol. The summed E-state index contributed by atoms with van der Waals surface area (Å²) in [4.78, 5) is 24.5. The lowest BCUT2D eigenvalue weighted by Gasteiger charge is -2.16. The number of hydrogen-bond donors (Lipinski definition) is 1. The third-order valence-electron chi connectivity index (χ3n) is 5.13. The van der Waals surface area contributed by atoms with Crippen LogP contribution in [0.2, 0.25) is 0 Å². The molecule has 0 amide bonds. The van der Waals surface area contributed by atoms with E-state index in [9.17, 15) is 14.7 Å².